The Balaban J connectivity index is 1.59. The van der Waals surface area contributed by atoms with E-state index in [4.69, 9.17) is 4.74 Å². The molecule has 1 aliphatic carbocycles. The number of benzene rings is 1. The van der Waals surface area contributed by atoms with Crippen LogP contribution in [0, 0.1) is 5.92 Å². The summed E-state index contributed by atoms with van der Waals surface area (Å²) in [5.41, 5.74) is 1.02. The molecule has 1 atom stereocenters. The van der Waals surface area contributed by atoms with E-state index < -0.39 is 6.61 Å². The van der Waals surface area contributed by atoms with E-state index >= 15 is 0 Å². The fourth-order valence-electron chi connectivity index (χ4n) is 2.60. The summed E-state index contributed by atoms with van der Waals surface area (Å²) < 4.78 is 34.3. The summed E-state index contributed by atoms with van der Waals surface area (Å²) in [6.07, 6.45) is 2.73. The Kier molecular flexibility index (Phi) is 4.17. The number of ether oxygens (including phenoxy) is 2. The second-order valence-corrected chi connectivity index (χ2v) is 5.51. The topological polar surface area (TPSA) is 21.7 Å². The molecule has 1 heterocycles. The van der Waals surface area contributed by atoms with E-state index in [9.17, 15) is 8.78 Å². The third kappa shape index (κ3) is 3.67. The van der Waals surface area contributed by atoms with Crippen molar-refractivity contribution in [1.82, 2.24) is 4.90 Å². The molecule has 0 spiro atoms. The van der Waals surface area contributed by atoms with E-state index in [1.807, 2.05) is 12.1 Å². The number of alkyl halides is 2. The first-order chi connectivity index (χ1) is 9.70. The molecule has 2 fully saturated rings. The van der Waals surface area contributed by atoms with Crippen molar-refractivity contribution in [1.29, 1.82) is 0 Å². The lowest BCUT2D eigenvalue weighted by molar-refractivity contribution is -0.0500. The lowest BCUT2D eigenvalue weighted by Crippen LogP contribution is -2.39. The Labute approximate surface area is 117 Å². The van der Waals surface area contributed by atoms with Crippen molar-refractivity contribution in [3.05, 3.63) is 29.8 Å². The average molecular weight is 283 g/mol. The highest BCUT2D eigenvalue weighted by molar-refractivity contribution is 5.29. The maximum absolute atomic E-state index is 12.1. The number of morpholine rings is 1. The van der Waals surface area contributed by atoms with Gasteiger partial charge in [0.05, 0.1) is 12.7 Å². The van der Waals surface area contributed by atoms with Gasteiger partial charge in [0.15, 0.2) is 0 Å². The van der Waals surface area contributed by atoms with Crippen molar-refractivity contribution in [3.8, 4) is 5.75 Å². The molecule has 5 heteroatoms. The van der Waals surface area contributed by atoms with Gasteiger partial charge < -0.3 is 9.47 Å². The molecule has 0 N–H and O–H groups in total. The van der Waals surface area contributed by atoms with Gasteiger partial charge in [-0.15, -0.1) is 0 Å². The standard InChI is InChI=1S/C15H19F2NO2/c16-15(17)20-13-5-3-12(4-6-13)14-10-18(7-8-19-14)9-11-1-2-11/h3-6,11,14-15H,1-2,7-10H2. The van der Waals surface area contributed by atoms with Crippen LogP contribution >= 0.6 is 0 Å². The third-order valence-electron chi connectivity index (χ3n) is 3.84. The Morgan fingerprint density at radius 2 is 2.00 bits per heavy atom. The summed E-state index contributed by atoms with van der Waals surface area (Å²) in [5, 5.41) is 0. The molecule has 1 aliphatic heterocycles. The predicted octanol–water partition coefficient (Wildman–Crippen LogP) is 3.07. The maximum atomic E-state index is 12.1. The Hall–Kier alpha value is -1.20. The van der Waals surface area contributed by atoms with E-state index in [1.165, 1.54) is 12.8 Å². The number of rotatable bonds is 5. The average Bonchev–Trinajstić information content (AvgIpc) is 3.23. The first-order valence-electron chi connectivity index (χ1n) is 7.09. The Morgan fingerprint density at radius 1 is 1.25 bits per heavy atom. The molecule has 1 aromatic rings. The van der Waals surface area contributed by atoms with Crippen molar-refractivity contribution >= 4 is 0 Å². The van der Waals surface area contributed by atoms with Crippen molar-refractivity contribution < 1.29 is 18.3 Å². The molecule has 1 saturated heterocycles. The molecule has 0 radical (unpaired) electrons. The molecule has 0 bridgehead atoms. The molecule has 0 aromatic heterocycles. The van der Waals surface area contributed by atoms with Crippen molar-refractivity contribution in [2.75, 3.05) is 26.2 Å². The molecule has 0 amide bonds. The van der Waals surface area contributed by atoms with Gasteiger partial charge in [-0.1, -0.05) is 12.1 Å². The van der Waals surface area contributed by atoms with Crippen LogP contribution in [0.5, 0.6) is 5.75 Å². The largest absolute Gasteiger partial charge is 0.435 e. The van der Waals surface area contributed by atoms with Gasteiger partial charge in [0.1, 0.15) is 5.75 Å². The maximum Gasteiger partial charge on any atom is 0.387 e. The highest BCUT2D eigenvalue weighted by atomic mass is 19.3. The van der Waals surface area contributed by atoms with Gasteiger partial charge >= 0.3 is 6.61 Å². The zero-order valence-corrected chi connectivity index (χ0v) is 11.3. The molecule has 1 unspecified atom stereocenters. The molecule has 2 aliphatic rings. The summed E-state index contributed by atoms with van der Waals surface area (Å²) in [6.45, 7) is 0.977. The Bertz CT molecular complexity index is 434. The second kappa shape index (κ2) is 6.06. The molecular formula is C15H19F2NO2. The van der Waals surface area contributed by atoms with Crippen LogP contribution in [0.15, 0.2) is 24.3 Å². The molecular weight excluding hydrogens is 264 g/mol. The van der Waals surface area contributed by atoms with Crippen LogP contribution < -0.4 is 4.74 Å². The third-order valence-corrected chi connectivity index (χ3v) is 3.84. The summed E-state index contributed by atoms with van der Waals surface area (Å²) in [6, 6.07) is 6.77. The summed E-state index contributed by atoms with van der Waals surface area (Å²) in [7, 11) is 0. The van der Waals surface area contributed by atoms with Gasteiger partial charge in [-0.2, -0.15) is 8.78 Å². The highest BCUT2D eigenvalue weighted by Crippen LogP contribution is 2.32. The van der Waals surface area contributed by atoms with Crippen molar-refractivity contribution in [2.24, 2.45) is 5.92 Å². The lowest BCUT2D eigenvalue weighted by Gasteiger charge is -2.33. The van der Waals surface area contributed by atoms with Gasteiger partial charge in [-0.05, 0) is 36.5 Å². The second-order valence-electron chi connectivity index (χ2n) is 5.51. The first-order valence-corrected chi connectivity index (χ1v) is 7.09. The monoisotopic (exact) mass is 283 g/mol. The fourth-order valence-corrected chi connectivity index (χ4v) is 2.60. The number of hydrogen-bond donors (Lipinski definition) is 0. The van der Waals surface area contributed by atoms with Crippen LogP contribution in [-0.2, 0) is 4.74 Å². The van der Waals surface area contributed by atoms with E-state index in [2.05, 4.69) is 9.64 Å². The molecule has 1 aromatic carbocycles. The van der Waals surface area contributed by atoms with Crippen LogP contribution in [-0.4, -0.2) is 37.8 Å². The van der Waals surface area contributed by atoms with Crippen molar-refractivity contribution in [2.45, 2.75) is 25.6 Å². The summed E-state index contributed by atoms with van der Waals surface area (Å²) >= 11 is 0. The molecule has 20 heavy (non-hydrogen) atoms. The number of halogens is 2. The van der Waals surface area contributed by atoms with Gasteiger partial charge in [0.25, 0.3) is 0 Å². The van der Waals surface area contributed by atoms with Gasteiger partial charge in [0.2, 0.25) is 0 Å². The predicted molar refractivity (Wildman–Crippen MR) is 70.9 cm³/mol. The van der Waals surface area contributed by atoms with E-state index in [-0.39, 0.29) is 11.9 Å². The minimum Gasteiger partial charge on any atom is -0.435 e. The van der Waals surface area contributed by atoms with Gasteiger partial charge in [-0.3, -0.25) is 4.90 Å². The van der Waals surface area contributed by atoms with Crippen molar-refractivity contribution in [3.63, 3.8) is 0 Å². The number of nitrogens with zero attached hydrogens (tertiary/aromatic N) is 1. The summed E-state index contributed by atoms with van der Waals surface area (Å²) in [4.78, 5) is 2.44. The van der Waals surface area contributed by atoms with Crippen LogP contribution in [0.2, 0.25) is 0 Å². The van der Waals surface area contributed by atoms with Crippen LogP contribution in [0.25, 0.3) is 0 Å². The zero-order valence-electron chi connectivity index (χ0n) is 11.3. The minimum atomic E-state index is -2.78. The summed E-state index contributed by atoms with van der Waals surface area (Å²) in [5.74, 6) is 1.06. The number of hydrogen-bond acceptors (Lipinski definition) is 3. The van der Waals surface area contributed by atoms with Gasteiger partial charge in [-0.25, -0.2) is 0 Å². The van der Waals surface area contributed by atoms with Crippen LogP contribution in [0.3, 0.4) is 0 Å². The van der Waals surface area contributed by atoms with E-state index in [1.54, 1.807) is 12.1 Å². The zero-order chi connectivity index (χ0) is 13.9. The van der Waals surface area contributed by atoms with E-state index in [0.717, 1.165) is 37.7 Å². The molecule has 3 nitrogen and oxygen atoms in total. The van der Waals surface area contributed by atoms with Crippen LogP contribution in [0.1, 0.15) is 24.5 Å². The van der Waals surface area contributed by atoms with E-state index in [0.29, 0.717) is 0 Å². The van der Waals surface area contributed by atoms with Crippen LogP contribution in [0.4, 0.5) is 8.78 Å². The smallest absolute Gasteiger partial charge is 0.387 e. The SMILES string of the molecule is FC(F)Oc1ccc(C2CN(CC3CC3)CCO2)cc1. The van der Waals surface area contributed by atoms with Gasteiger partial charge in [0, 0.05) is 19.6 Å². The molecule has 1 saturated carbocycles. The highest BCUT2D eigenvalue weighted by Gasteiger charge is 2.28. The fraction of sp³-hybridized carbons (Fsp3) is 0.600. The lowest BCUT2D eigenvalue weighted by atomic mass is 10.1. The Morgan fingerprint density at radius 3 is 2.65 bits per heavy atom. The molecule has 3 rings (SSSR count). The first kappa shape index (κ1) is 13.8. The quantitative estimate of drug-likeness (QED) is 0.829. The minimum absolute atomic E-state index is 0.0306. The normalized spacial score (nSPS) is 24.1. The molecule has 110 valence electrons.